The second-order valence-corrected chi connectivity index (χ2v) is 5.06. The largest absolute Gasteiger partial charge is 0.454 e. The minimum atomic E-state index is 0.314. The number of fused-ring (bicyclic) bond motifs is 1. The van der Waals surface area contributed by atoms with E-state index in [1.807, 2.05) is 36.4 Å². The molecule has 5 heteroatoms. The maximum absolute atomic E-state index is 5.35. The first-order valence-corrected chi connectivity index (χ1v) is 6.81. The molecule has 0 saturated heterocycles. The minimum Gasteiger partial charge on any atom is -0.454 e. The van der Waals surface area contributed by atoms with Crippen molar-refractivity contribution < 1.29 is 9.47 Å². The highest BCUT2D eigenvalue weighted by Gasteiger charge is 2.12. The van der Waals surface area contributed by atoms with E-state index in [9.17, 15) is 0 Å². The smallest absolute Gasteiger partial charge is 0.231 e. The first-order chi connectivity index (χ1) is 9.31. The Morgan fingerprint density at radius 3 is 2.89 bits per heavy atom. The number of ether oxygens (including phenoxy) is 2. The van der Waals surface area contributed by atoms with E-state index in [0.717, 1.165) is 34.9 Å². The van der Waals surface area contributed by atoms with Crippen LogP contribution in [-0.2, 0) is 13.1 Å². The molecule has 2 heterocycles. The molecule has 4 nitrogen and oxygen atoms in total. The Labute approximate surface area is 119 Å². The Bertz CT molecular complexity index is 589. The van der Waals surface area contributed by atoms with Gasteiger partial charge in [0.15, 0.2) is 11.5 Å². The minimum absolute atomic E-state index is 0.314. The van der Waals surface area contributed by atoms with Crippen molar-refractivity contribution in [3.05, 3.63) is 52.3 Å². The Morgan fingerprint density at radius 2 is 2.00 bits per heavy atom. The van der Waals surface area contributed by atoms with Gasteiger partial charge < -0.3 is 14.8 Å². The van der Waals surface area contributed by atoms with Gasteiger partial charge in [0.2, 0.25) is 6.79 Å². The lowest BCUT2D eigenvalue weighted by Crippen LogP contribution is -2.13. The lowest BCUT2D eigenvalue weighted by atomic mass is 10.2. The van der Waals surface area contributed by atoms with Crippen molar-refractivity contribution >= 4 is 15.9 Å². The van der Waals surface area contributed by atoms with E-state index in [2.05, 4.69) is 26.2 Å². The normalized spacial score (nSPS) is 12.7. The van der Waals surface area contributed by atoms with Gasteiger partial charge in [0.25, 0.3) is 0 Å². The zero-order valence-electron chi connectivity index (χ0n) is 10.2. The molecule has 2 aromatic rings. The molecule has 1 aromatic heterocycles. The Kier molecular flexibility index (Phi) is 3.66. The molecule has 0 fully saturated rings. The van der Waals surface area contributed by atoms with Crippen molar-refractivity contribution in [2.45, 2.75) is 13.1 Å². The topological polar surface area (TPSA) is 43.4 Å². The van der Waals surface area contributed by atoms with E-state index in [0.29, 0.717) is 6.79 Å². The van der Waals surface area contributed by atoms with Crippen molar-refractivity contribution in [3.8, 4) is 11.5 Å². The zero-order chi connectivity index (χ0) is 13.1. The molecule has 1 N–H and O–H groups in total. The summed E-state index contributed by atoms with van der Waals surface area (Å²) in [7, 11) is 0. The average Bonchev–Trinajstić information content (AvgIpc) is 2.86. The van der Waals surface area contributed by atoms with Crippen LogP contribution in [0.4, 0.5) is 0 Å². The summed E-state index contributed by atoms with van der Waals surface area (Å²) in [5.74, 6) is 1.64. The third-order valence-corrected chi connectivity index (χ3v) is 3.29. The van der Waals surface area contributed by atoms with Gasteiger partial charge in [0.05, 0.1) is 5.69 Å². The Hall–Kier alpha value is -1.59. The fourth-order valence-corrected chi connectivity index (χ4v) is 2.31. The standard InChI is InChI=1S/C14H13BrN2O2/c15-14-3-1-2-11(17-14)8-16-7-10-4-5-12-13(6-10)19-9-18-12/h1-6,16H,7-9H2. The van der Waals surface area contributed by atoms with Gasteiger partial charge >= 0.3 is 0 Å². The second kappa shape index (κ2) is 5.59. The van der Waals surface area contributed by atoms with E-state index < -0.39 is 0 Å². The molecular weight excluding hydrogens is 308 g/mol. The SMILES string of the molecule is Brc1cccc(CNCc2ccc3c(c2)OCO3)n1. The Morgan fingerprint density at radius 1 is 1.11 bits per heavy atom. The molecule has 0 atom stereocenters. The number of aromatic nitrogens is 1. The Balaban J connectivity index is 1.58. The van der Waals surface area contributed by atoms with Gasteiger partial charge in [0.1, 0.15) is 4.60 Å². The number of benzene rings is 1. The van der Waals surface area contributed by atoms with E-state index in [-0.39, 0.29) is 0 Å². The van der Waals surface area contributed by atoms with Gasteiger partial charge in [-0.25, -0.2) is 4.98 Å². The van der Waals surface area contributed by atoms with Crippen LogP contribution in [0.2, 0.25) is 0 Å². The van der Waals surface area contributed by atoms with E-state index >= 15 is 0 Å². The molecule has 19 heavy (non-hydrogen) atoms. The molecule has 0 bridgehead atoms. The number of nitrogens with zero attached hydrogens (tertiary/aromatic N) is 1. The molecular formula is C14H13BrN2O2. The number of pyridine rings is 1. The number of halogens is 1. The molecule has 1 aliphatic rings. The van der Waals surface area contributed by atoms with Crippen LogP contribution < -0.4 is 14.8 Å². The molecule has 1 aromatic carbocycles. The molecule has 0 spiro atoms. The van der Waals surface area contributed by atoms with Crippen molar-refractivity contribution in [1.29, 1.82) is 0 Å². The molecule has 0 unspecified atom stereocenters. The molecule has 3 rings (SSSR count). The van der Waals surface area contributed by atoms with Crippen molar-refractivity contribution in [1.82, 2.24) is 10.3 Å². The number of nitrogens with one attached hydrogen (secondary N) is 1. The van der Waals surface area contributed by atoms with Crippen LogP contribution >= 0.6 is 15.9 Å². The van der Waals surface area contributed by atoms with E-state index in [4.69, 9.17) is 9.47 Å². The molecule has 0 saturated carbocycles. The van der Waals surface area contributed by atoms with Crippen LogP contribution in [0.15, 0.2) is 41.0 Å². The fourth-order valence-electron chi connectivity index (χ4n) is 1.93. The molecule has 0 aliphatic carbocycles. The van der Waals surface area contributed by atoms with E-state index in [1.54, 1.807) is 0 Å². The summed E-state index contributed by atoms with van der Waals surface area (Å²) in [6.45, 7) is 1.81. The summed E-state index contributed by atoms with van der Waals surface area (Å²) >= 11 is 3.36. The van der Waals surface area contributed by atoms with Crippen LogP contribution in [0.25, 0.3) is 0 Å². The summed E-state index contributed by atoms with van der Waals surface area (Å²) in [4.78, 5) is 4.37. The summed E-state index contributed by atoms with van der Waals surface area (Å²) in [6, 6.07) is 11.9. The highest BCUT2D eigenvalue weighted by Crippen LogP contribution is 2.32. The van der Waals surface area contributed by atoms with E-state index in [1.165, 1.54) is 5.56 Å². The monoisotopic (exact) mass is 320 g/mol. The van der Waals surface area contributed by atoms with Crippen LogP contribution in [0.1, 0.15) is 11.3 Å². The summed E-state index contributed by atoms with van der Waals surface area (Å²) in [5, 5.41) is 3.36. The van der Waals surface area contributed by atoms with Gasteiger partial charge in [-0.2, -0.15) is 0 Å². The van der Waals surface area contributed by atoms with Gasteiger partial charge in [-0.05, 0) is 45.8 Å². The lowest BCUT2D eigenvalue weighted by molar-refractivity contribution is 0.174. The maximum Gasteiger partial charge on any atom is 0.231 e. The van der Waals surface area contributed by atoms with Gasteiger partial charge in [-0.1, -0.05) is 12.1 Å². The van der Waals surface area contributed by atoms with Gasteiger partial charge in [-0.3, -0.25) is 0 Å². The van der Waals surface area contributed by atoms with Crippen molar-refractivity contribution in [2.24, 2.45) is 0 Å². The number of hydrogen-bond donors (Lipinski definition) is 1. The molecule has 0 radical (unpaired) electrons. The average molecular weight is 321 g/mol. The predicted octanol–water partition coefficient (Wildman–Crippen LogP) is 2.86. The fraction of sp³-hybridized carbons (Fsp3) is 0.214. The highest BCUT2D eigenvalue weighted by molar-refractivity contribution is 9.10. The van der Waals surface area contributed by atoms with Crippen molar-refractivity contribution in [2.75, 3.05) is 6.79 Å². The molecule has 98 valence electrons. The van der Waals surface area contributed by atoms with Crippen molar-refractivity contribution in [3.63, 3.8) is 0 Å². The molecule has 1 aliphatic heterocycles. The third kappa shape index (κ3) is 3.05. The van der Waals surface area contributed by atoms with Crippen LogP contribution in [0.3, 0.4) is 0 Å². The number of hydrogen-bond acceptors (Lipinski definition) is 4. The van der Waals surface area contributed by atoms with Gasteiger partial charge in [0, 0.05) is 13.1 Å². The number of rotatable bonds is 4. The maximum atomic E-state index is 5.35. The van der Waals surface area contributed by atoms with Crippen LogP contribution in [0, 0.1) is 0 Å². The summed E-state index contributed by atoms with van der Waals surface area (Å²) in [5.41, 5.74) is 2.18. The lowest BCUT2D eigenvalue weighted by Gasteiger charge is -2.06. The molecule has 0 amide bonds. The first-order valence-electron chi connectivity index (χ1n) is 6.02. The zero-order valence-corrected chi connectivity index (χ0v) is 11.8. The predicted molar refractivity (Wildman–Crippen MR) is 75.0 cm³/mol. The summed E-state index contributed by atoms with van der Waals surface area (Å²) < 4.78 is 11.5. The quantitative estimate of drug-likeness (QED) is 0.880. The van der Waals surface area contributed by atoms with Gasteiger partial charge in [-0.15, -0.1) is 0 Å². The second-order valence-electron chi connectivity index (χ2n) is 4.24. The first kappa shape index (κ1) is 12.4. The summed E-state index contributed by atoms with van der Waals surface area (Å²) in [6.07, 6.45) is 0. The third-order valence-electron chi connectivity index (χ3n) is 2.85. The van der Waals surface area contributed by atoms with Crippen LogP contribution in [0.5, 0.6) is 11.5 Å². The van der Waals surface area contributed by atoms with Crippen LogP contribution in [-0.4, -0.2) is 11.8 Å². The highest BCUT2D eigenvalue weighted by atomic mass is 79.9.